The Morgan fingerprint density at radius 2 is 2.06 bits per heavy atom. The number of nitrogens with zero attached hydrogens (tertiary/aromatic N) is 2. The van der Waals surface area contributed by atoms with Crippen LogP contribution < -0.4 is 11.1 Å². The monoisotopic (exact) mass is 306 g/mol. The van der Waals surface area contributed by atoms with Gasteiger partial charge in [0, 0.05) is 22.6 Å². The molecule has 18 heavy (non-hydrogen) atoms. The first kappa shape index (κ1) is 12.8. The number of hydrogen-bond acceptors (Lipinski definition) is 4. The van der Waals surface area contributed by atoms with Crippen LogP contribution in [0.3, 0.4) is 0 Å². The van der Waals surface area contributed by atoms with Crippen LogP contribution in [0.25, 0.3) is 0 Å². The SMILES string of the molecule is CCc1nc(N)cc(Nc2ccc(C)c(Br)c2)n1. The van der Waals surface area contributed by atoms with E-state index in [0.717, 1.165) is 28.2 Å². The van der Waals surface area contributed by atoms with Gasteiger partial charge in [0.05, 0.1) is 0 Å². The number of hydrogen-bond donors (Lipinski definition) is 2. The second-order valence-electron chi connectivity index (χ2n) is 4.04. The minimum Gasteiger partial charge on any atom is -0.384 e. The molecule has 1 aromatic heterocycles. The first-order chi connectivity index (χ1) is 8.58. The average Bonchev–Trinajstić information content (AvgIpc) is 2.33. The summed E-state index contributed by atoms with van der Waals surface area (Å²) in [4.78, 5) is 8.52. The van der Waals surface area contributed by atoms with Gasteiger partial charge in [-0.25, -0.2) is 9.97 Å². The second kappa shape index (κ2) is 5.35. The third kappa shape index (κ3) is 2.98. The molecule has 0 amide bonds. The number of rotatable bonds is 3. The molecule has 0 aliphatic carbocycles. The molecular formula is C13H15BrN4. The Balaban J connectivity index is 2.27. The van der Waals surface area contributed by atoms with Crippen LogP contribution in [0.15, 0.2) is 28.7 Å². The molecule has 0 unspecified atom stereocenters. The zero-order valence-electron chi connectivity index (χ0n) is 10.4. The summed E-state index contributed by atoms with van der Waals surface area (Å²) in [6.45, 7) is 4.05. The minimum atomic E-state index is 0.482. The highest BCUT2D eigenvalue weighted by molar-refractivity contribution is 9.10. The molecule has 0 atom stereocenters. The van der Waals surface area contributed by atoms with E-state index in [1.807, 2.05) is 32.0 Å². The van der Waals surface area contributed by atoms with Gasteiger partial charge in [-0.3, -0.25) is 0 Å². The van der Waals surface area contributed by atoms with Gasteiger partial charge >= 0.3 is 0 Å². The van der Waals surface area contributed by atoms with Gasteiger partial charge in [-0.05, 0) is 24.6 Å². The highest BCUT2D eigenvalue weighted by Gasteiger charge is 2.03. The van der Waals surface area contributed by atoms with Crippen molar-refractivity contribution in [3.8, 4) is 0 Å². The summed E-state index contributed by atoms with van der Waals surface area (Å²) in [6.07, 6.45) is 0.761. The highest BCUT2D eigenvalue weighted by Crippen LogP contribution is 2.23. The van der Waals surface area contributed by atoms with Crippen LogP contribution in [0.2, 0.25) is 0 Å². The van der Waals surface area contributed by atoms with Gasteiger partial charge in [0.2, 0.25) is 0 Å². The molecule has 3 N–H and O–H groups in total. The summed E-state index contributed by atoms with van der Waals surface area (Å²) < 4.78 is 1.06. The number of nitrogen functional groups attached to an aromatic ring is 1. The van der Waals surface area contributed by atoms with Crippen molar-refractivity contribution in [2.45, 2.75) is 20.3 Å². The Morgan fingerprint density at radius 1 is 1.28 bits per heavy atom. The van der Waals surface area contributed by atoms with E-state index in [0.29, 0.717) is 5.82 Å². The molecule has 0 aliphatic rings. The van der Waals surface area contributed by atoms with E-state index < -0.39 is 0 Å². The van der Waals surface area contributed by atoms with Crippen LogP contribution in [0.1, 0.15) is 18.3 Å². The highest BCUT2D eigenvalue weighted by atomic mass is 79.9. The minimum absolute atomic E-state index is 0.482. The summed E-state index contributed by atoms with van der Waals surface area (Å²) in [7, 11) is 0. The maximum Gasteiger partial charge on any atom is 0.136 e. The normalized spacial score (nSPS) is 10.4. The van der Waals surface area contributed by atoms with Crippen LogP contribution in [-0.2, 0) is 6.42 Å². The fourth-order valence-electron chi connectivity index (χ4n) is 1.56. The average molecular weight is 307 g/mol. The molecule has 0 bridgehead atoms. The van der Waals surface area contributed by atoms with E-state index in [-0.39, 0.29) is 0 Å². The predicted molar refractivity (Wildman–Crippen MR) is 78.0 cm³/mol. The lowest BCUT2D eigenvalue weighted by atomic mass is 10.2. The Morgan fingerprint density at radius 3 is 2.72 bits per heavy atom. The second-order valence-corrected chi connectivity index (χ2v) is 4.89. The van der Waals surface area contributed by atoms with Crippen molar-refractivity contribution in [1.82, 2.24) is 9.97 Å². The number of aromatic nitrogens is 2. The molecule has 2 aromatic rings. The molecule has 5 heteroatoms. The van der Waals surface area contributed by atoms with Crippen molar-refractivity contribution < 1.29 is 0 Å². The zero-order chi connectivity index (χ0) is 13.1. The van der Waals surface area contributed by atoms with Crippen LogP contribution in [-0.4, -0.2) is 9.97 Å². The molecule has 0 saturated heterocycles. The number of nitrogens with two attached hydrogens (primary N) is 1. The van der Waals surface area contributed by atoms with Crippen LogP contribution >= 0.6 is 15.9 Å². The maximum atomic E-state index is 5.74. The number of benzene rings is 1. The van der Waals surface area contributed by atoms with E-state index in [1.165, 1.54) is 5.56 Å². The fraction of sp³-hybridized carbons (Fsp3) is 0.231. The molecule has 0 spiro atoms. The summed E-state index contributed by atoms with van der Waals surface area (Å²) in [5.41, 5.74) is 7.90. The molecular weight excluding hydrogens is 292 g/mol. The fourth-order valence-corrected chi connectivity index (χ4v) is 1.94. The summed E-state index contributed by atoms with van der Waals surface area (Å²) >= 11 is 3.50. The van der Waals surface area contributed by atoms with Gasteiger partial charge in [-0.15, -0.1) is 0 Å². The number of halogens is 1. The topological polar surface area (TPSA) is 63.8 Å². The lowest BCUT2D eigenvalue weighted by Gasteiger charge is -2.09. The van der Waals surface area contributed by atoms with Crippen LogP contribution in [0, 0.1) is 6.92 Å². The Hall–Kier alpha value is -1.62. The van der Waals surface area contributed by atoms with Crippen molar-refractivity contribution >= 4 is 33.3 Å². The largest absolute Gasteiger partial charge is 0.384 e. The van der Waals surface area contributed by atoms with E-state index in [1.54, 1.807) is 6.07 Å². The Bertz CT molecular complexity index is 569. The van der Waals surface area contributed by atoms with Crippen LogP contribution in [0.5, 0.6) is 0 Å². The maximum absolute atomic E-state index is 5.74. The molecule has 94 valence electrons. The van der Waals surface area contributed by atoms with Crippen molar-refractivity contribution in [3.63, 3.8) is 0 Å². The van der Waals surface area contributed by atoms with Gasteiger partial charge in [0.1, 0.15) is 17.5 Å². The van der Waals surface area contributed by atoms with Crippen molar-refractivity contribution in [3.05, 3.63) is 40.1 Å². The lowest BCUT2D eigenvalue weighted by molar-refractivity contribution is 0.948. The Kier molecular flexibility index (Phi) is 3.81. The van der Waals surface area contributed by atoms with E-state index in [9.17, 15) is 0 Å². The smallest absolute Gasteiger partial charge is 0.136 e. The molecule has 1 heterocycles. The first-order valence-electron chi connectivity index (χ1n) is 5.75. The Labute approximate surface area is 115 Å². The molecule has 0 saturated carbocycles. The molecule has 1 aromatic carbocycles. The van der Waals surface area contributed by atoms with Crippen molar-refractivity contribution in [1.29, 1.82) is 0 Å². The van der Waals surface area contributed by atoms with E-state index >= 15 is 0 Å². The van der Waals surface area contributed by atoms with Crippen molar-refractivity contribution in [2.24, 2.45) is 0 Å². The number of nitrogens with one attached hydrogen (secondary N) is 1. The summed E-state index contributed by atoms with van der Waals surface area (Å²) in [6, 6.07) is 7.79. The van der Waals surface area contributed by atoms with Crippen LogP contribution in [0.4, 0.5) is 17.3 Å². The summed E-state index contributed by atoms with van der Waals surface area (Å²) in [5, 5.41) is 3.23. The third-order valence-corrected chi connectivity index (χ3v) is 3.41. The molecule has 0 radical (unpaired) electrons. The molecule has 0 aliphatic heterocycles. The van der Waals surface area contributed by atoms with Crippen molar-refractivity contribution in [2.75, 3.05) is 11.1 Å². The standard InChI is InChI=1S/C13H15BrN4/c1-3-12-17-11(15)7-13(18-12)16-9-5-4-8(2)10(14)6-9/h4-7H,3H2,1-2H3,(H3,15,16,17,18). The molecule has 0 fully saturated rings. The molecule has 2 rings (SSSR count). The number of anilines is 3. The molecule has 4 nitrogen and oxygen atoms in total. The third-order valence-electron chi connectivity index (χ3n) is 2.55. The first-order valence-corrected chi connectivity index (χ1v) is 6.54. The number of aryl methyl sites for hydroxylation is 2. The quantitative estimate of drug-likeness (QED) is 0.912. The van der Waals surface area contributed by atoms with Gasteiger partial charge in [-0.2, -0.15) is 0 Å². The van der Waals surface area contributed by atoms with Gasteiger partial charge < -0.3 is 11.1 Å². The predicted octanol–water partition coefficient (Wildman–Crippen LogP) is 3.44. The van der Waals surface area contributed by atoms with E-state index in [2.05, 4.69) is 31.2 Å². The summed E-state index contributed by atoms with van der Waals surface area (Å²) in [5.74, 6) is 1.94. The zero-order valence-corrected chi connectivity index (χ0v) is 12.0. The van der Waals surface area contributed by atoms with E-state index in [4.69, 9.17) is 5.73 Å². The van der Waals surface area contributed by atoms with Gasteiger partial charge in [-0.1, -0.05) is 28.9 Å². The lowest BCUT2D eigenvalue weighted by Crippen LogP contribution is -2.02. The van der Waals surface area contributed by atoms with Gasteiger partial charge in [0.25, 0.3) is 0 Å². The van der Waals surface area contributed by atoms with Gasteiger partial charge in [0.15, 0.2) is 0 Å².